The molecule has 3 rings (SSSR count). The van der Waals surface area contributed by atoms with Gasteiger partial charge >= 0.3 is 12.1 Å². The zero-order valence-corrected chi connectivity index (χ0v) is 19.8. The van der Waals surface area contributed by atoms with Crippen molar-refractivity contribution in [1.29, 1.82) is 5.26 Å². The Bertz CT molecular complexity index is 1190. The van der Waals surface area contributed by atoms with Gasteiger partial charge in [-0.2, -0.15) is 5.26 Å². The number of methoxy groups -OCH3 is 1. The van der Waals surface area contributed by atoms with Gasteiger partial charge in [0.2, 0.25) is 5.91 Å². The van der Waals surface area contributed by atoms with Crippen molar-refractivity contribution in [3.05, 3.63) is 107 Å². The maximum atomic E-state index is 13.2. The molecule has 0 aliphatic carbocycles. The molecule has 184 valence electrons. The van der Waals surface area contributed by atoms with Crippen LogP contribution < -0.4 is 10.6 Å². The van der Waals surface area contributed by atoms with Crippen molar-refractivity contribution >= 4 is 18.0 Å². The summed E-state index contributed by atoms with van der Waals surface area (Å²) >= 11 is 0. The Kier molecular flexibility index (Phi) is 9.60. The highest BCUT2D eigenvalue weighted by molar-refractivity contribution is 5.90. The number of nitrogens with one attached hydrogen (secondary N) is 2. The predicted octanol–water partition coefficient (Wildman–Crippen LogP) is 3.30. The minimum Gasteiger partial charge on any atom is -0.467 e. The minimum atomic E-state index is -0.996. The molecule has 0 aliphatic rings. The molecule has 8 heteroatoms. The van der Waals surface area contributed by atoms with E-state index in [1.165, 1.54) is 7.11 Å². The normalized spacial score (nSPS) is 11.9. The van der Waals surface area contributed by atoms with Crippen LogP contribution in [0.5, 0.6) is 0 Å². The largest absolute Gasteiger partial charge is 0.467 e. The van der Waals surface area contributed by atoms with Crippen LogP contribution in [0.4, 0.5) is 4.79 Å². The van der Waals surface area contributed by atoms with Crippen molar-refractivity contribution in [3.63, 3.8) is 0 Å². The van der Waals surface area contributed by atoms with Gasteiger partial charge in [0.15, 0.2) is 0 Å². The number of rotatable bonds is 10. The van der Waals surface area contributed by atoms with Crippen molar-refractivity contribution in [3.8, 4) is 6.07 Å². The number of benzene rings is 3. The summed E-state index contributed by atoms with van der Waals surface area (Å²) in [6.45, 7) is 0.0514. The molecule has 0 bridgehead atoms. The Morgan fingerprint density at radius 1 is 0.778 bits per heavy atom. The smallest absolute Gasteiger partial charge is 0.408 e. The fourth-order valence-corrected chi connectivity index (χ4v) is 3.53. The highest BCUT2D eigenvalue weighted by atomic mass is 16.5. The molecule has 0 heterocycles. The van der Waals surface area contributed by atoms with E-state index >= 15 is 0 Å². The molecule has 0 radical (unpaired) electrons. The number of nitrogens with zero attached hydrogens (tertiary/aromatic N) is 1. The summed E-state index contributed by atoms with van der Waals surface area (Å²) in [4.78, 5) is 38.2. The van der Waals surface area contributed by atoms with Crippen molar-refractivity contribution in [2.24, 2.45) is 0 Å². The number of carbonyl (C=O) groups is 3. The molecule has 0 aromatic heterocycles. The maximum absolute atomic E-state index is 13.2. The van der Waals surface area contributed by atoms with E-state index < -0.39 is 30.1 Å². The number of esters is 1. The van der Waals surface area contributed by atoms with E-state index in [0.29, 0.717) is 5.56 Å². The molecule has 2 amide bonds. The van der Waals surface area contributed by atoms with E-state index in [1.54, 1.807) is 24.3 Å². The fraction of sp³-hybridized carbons (Fsp3) is 0.214. The summed E-state index contributed by atoms with van der Waals surface area (Å²) in [6, 6.07) is 25.1. The van der Waals surface area contributed by atoms with E-state index in [2.05, 4.69) is 10.6 Å². The Labute approximate surface area is 209 Å². The summed E-state index contributed by atoms with van der Waals surface area (Å²) in [5, 5.41) is 14.3. The van der Waals surface area contributed by atoms with Crippen molar-refractivity contribution in [2.45, 2.75) is 31.5 Å². The molecule has 3 aromatic carbocycles. The molecule has 36 heavy (non-hydrogen) atoms. The van der Waals surface area contributed by atoms with E-state index in [0.717, 1.165) is 16.7 Å². The Hall–Kier alpha value is -4.64. The topological polar surface area (TPSA) is 118 Å². The quantitative estimate of drug-likeness (QED) is 0.426. The lowest BCUT2D eigenvalue weighted by Crippen LogP contribution is -2.53. The standard InChI is InChI=1S/C28H27N3O5/c1-35-27(33)25(17-21-12-14-22(18-29)15-13-21)30-26(32)24(16-20-8-4-2-5-9-20)31-28(34)36-19-23-10-6-3-7-11-23/h2-15,24-25H,16-17,19H2,1H3,(H,30,32)(H,31,34)/t24-,25-/m1/s1. The van der Waals surface area contributed by atoms with Crippen LogP contribution in [0.2, 0.25) is 0 Å². The van der Waals surface area contributed by atoms with Crippen LogP contribution in [-0.2, 0) is 38.5 Å². The Morgan fingerprint density at radius 3 is 1.92 bits per heavy atom. The van der Waals surface area contributed by atoms with Crippen molar-refractivity contribution < 1.29 is 23.9 Å². The third-order valence-corrected chi connectivity index (χ3v) is 5.43. The number of nitriles is 1. The molecular weight excluding hydrogens is 458 g/mol. The molecule has 3 aromatic rings. The summed E-state index contributed by atoms with van der Waals surface area (Å²) in [6.07, 6.45) is -0.407. The van der Waals surface area contributed by atoms with Crippen LogP contribution >= 0.6 is 0 Å². The van der Waals surface area contributed by atoms with Gasteiger partial charge in [-0.1, -0.05) is 72.8 Å². The molecular formula is C28H27N3O5. The van der Waals surface area contributed by atoms with Crippen molar-refractivity contribution in [2.75, 3.05) is 7.11 Å². The Balaban J connectivity index is 1.71. The summed E-state index contributed by atoms with van der Waals surface area (Å²) in [5.74, 6) is -1.18. The molecule has 0 fully saturated rings. The molecule has 2 N–H and O–H groups in total. The molecule has 2 atom stereocenters. The number of hydrogen-bond acceptors (Lipinski definition) is 6. The van der Waals surface area contributed by atoms with Crippen LogP contribution in [0.3, 0.4) is 0 Å². The lowest BCUT2D eigenvalue weighted by atomic mass is 10.0. The first-order chi connectivity index (χ1) is 17.5. The first kappa shape index (κ1) is 26.0. The van der Waals surface area contributed by atoms with Gasteiger partial charge in [0.05, 0.1) is 18.7 Å². The van der Waals surface area contributed by atoms with E-state index in [9.17, 15) is 14.4 Å². The Morgan fingerprint density at radius 2 is 1.33 bits per heavy atom. The molecule has 0 unspecified atom stereocenters. The number of amides is 2. The van der Waals surface area contributed by atoms with Gasteiger partial charge in [-0.05, 0) is 28.8 Å². The second-order valence-electron chi connectivity index (χ2n) is 8.05. The highest BCUT2D eigenvalue weighted by Crippen LogP contribution is 2.10. The molecule has 8 nitrogen and oxygen atoms in total. The van der Waals surface area contributed by atoms with Crippen LogP contribution in [0.25, 0.3) is 0 Å². The fourth-order valence-electron chi connectivity index (χ4n) is 3.53. The van der Waals surface area contributed by atoms with Crippen LogP contribution in [0.15, 0.2) is 84.9 Å². The molecule has 0 saturated carbocycles. The van der Waals surface area contributed by atoms with E-state index in [1.807, 2.05) is 66.7 Å². The number of hydrogen-bond donors (Lipinski definition) is 2. The summed E-state index contributed by atoms with van der Waals surface area (Å²) in [7, 11) is 1.24. The lowest BCUT2D eigenvalue weighted by molar-refractivity contribution is -0.145. The first-order valence-electron chi connectivity index (χ1n) is 11.4. The lowest BCUT2D eigenvalue weighted by Gasteiger charge is -2.22. The van der Waals surface area contributed by atoms with Gasteiger partial charge in [-0.25, -0.2) is 9.59 Å². The van der Waals surface area contributed by atoms with Gasteiger partial charge in [0.25, 0.3) is 0 Å². The monoisotopic (exact) mass is 485 g/mol. The third-order valence-electron chi connectivity index (χ3n) is 5.43. The minimum absolute atomic E-state index is 0.0514. The van der Waals surface area contributed by atoms with Crippen LogP contribution in [0.1, 0.15) is 22.3 Å². The van der Waals surface area contributed by atoms with Crippen LogP contribution in [-0.4, -0.2) is 37.2 Å². The van der Waals surface area contributed by atoms with Gasteiger partial charge < -0.3 is 20.1 Å². The van der Waals surface area contributed by atoms with Gasteiger partial charge in [-0.3, -0.25) is 4.79 Å². The summed E-state index contributed by atoms with van der Waals surface area (Å²) < 4.78 is 10.2. The third kappa shape index (κ3) is 7.99. The summed E-state index contributed by atoms with van der Waals surface area (Å²) in [5.41, 5.74) is 2.85. The number of ether oxygens (including phenoxy) is 2. The second kappa shape index (κ2) is 13.3. The predicted molar refractivity (Wildman–Crippen MR) is 133 cm³/mol. The number of alkyl carbamates (subject to hydrolysis) is 1. The average molecular weight is 486 g/mol. The van der Waals surface area contributed by atoms with E-state index in [4.69, 9.17) is 14.7 Å². The van der Waals surface area contributed by atoms with Crippen LogP contribution in [0, 0.1) is 11.3 Å². The van der Waals surface area contributed by atoms with Gasteiger partial charge in [-0.15, -0.1) is 0 Å². The highest BCUT2D eigenvalue weighted by Gasteiger charge is 2.28. The average Bonchev–Trinajstić information content (AvgIpc) is 2.92. The molecule has 0 saturated heterocycles. The molecule has 0 aliphatic heterocycles. The number of carbonyl (C=O) groups excluding carboxylic acids is 3. The van der Waals surface area contributed by atoms with Crippen molar-refractivity contribution in [1.82, 2.24) is 10.6 Å². The first-order valence-corrected chi connectivity index (χ1v) is 11.4. The zero-order chi connectivity index (χ0) is 25.8. The van der Waals surface area contributed by atoms with Gasteiger partial charge in [0, 0.05) is 12.8 Å². The van der Waals surface area contributed by atoms with Gasteiger partial charge in [0.1, 0.15) is 18.7 Å². The SMILES string of the molecule is COC(=O)[C@@H](Cc1ccc(C#N)cc1)NC(=O)[C@@H](Cc1ccccc1)NC(=O)OCc1ccccc1. The maximum Gasteiger partial charge on any atom is 0.408 e. The molecule has 0 spiro atoms. The zero-order valence-electron chi connectivity index (χ0n) is 19.8. The second-order valence-corrected chi connectivity index (χ2v) is 8.05. The van der Waals surface area contributed by atoms with E-state index in [-0.39, 0.29) is 19.4 Å².